The number of anilines is 1. The molecule has 0 aliphatic rings. The van der Waals surface area contributed by atoms with Gasteiger partial charge in [-0.05, 0) is 19.8 Å². The molecule has 0 aliphatic carbocycles. The van der Waals surface area contributed by atoms with Gasteiger partial charge in [0.25, 0.3) is 0 Å². The summed E-state index contributed by atoms with van der Waals surface area (Å²) in [5, 5.41) is 14.8. The summed E-state index contributed by atoms with van der Waals surface area (Å²) in [4.78, 5) is 4.57. The van der Waals surface area contributed by atoms with Gasteiger partial charge >= 0.3 is 0 Å². The Labute approximate surface area is 114 Å². The average molecular weight is 253 g/mol. The zero-order valence-electron chi connectivity index (χ0n) is 11.7. The highest BCUT2D eigenvalue weighted by molar-refractivity contribution is 5.96. The minimum absolute atomic E-state index is 0.420. The third kappa shape index (κ3) is 2.53. The zero-order valence-corrected chi connectivity index (χ0v) is 11.7. The fraction of sp³-hybridized carbons (Fsp3) is 0.375. The van der Waals surface area contributed by atoms with Crippen molar-refractivity contribution in [2.45, 2.75) is 39.7 Å². The predicted molar refractivity (Wildman–Crippen MR) is 79.2 cm³/mol. The van der Waals surface area contributed by atoms with Crippen molar-refractivity contribution in [2.24, 2.45) is 0 Å². The second-order valence-electron chi connectivity index (χ2n) is 4.74. The Hall–Kier alpha value is -2.08. The van der Waals surface area contributed by atoms with E-state index in [0.29, 0.717) is 11.6 Å². The molecule has 1 aromatic carbocycles. The van der Waals surface area contributed by atoms with Crippen molar-refractivity contribution in [1.82, 2.24) is 4.98 Å². The third-order valence-corrected chi connectivity index (χ3v) is 3.53. The summed E-state index contributed by atoms with van der Waals surface area (Å²) in [6.07, 6.45) is 2.12. The molecule has 0 aliphatic heterocycles. The number of fused-ring (bicyclic) bond motifs is 1. The molecular formula is C16H19N3. The van der Waals surface area contributed by atoms with Crippen LogP contribution in [0.2, 0.25) is 0 Å². The third-order valence-electron chi connectivity index (χ3n) is 3.53. The largest absolute Gasteiger partial charge is 0.367 e. The van der Waals surface area contributed by atoms with E-state index < -0.39 is 0 Å². The van der Waals surface area contributed by atoms with Gasteiger partial charge in [0.15, 0.2) is 0 Å². The molecule has 0 saturated heterocycles. The van der Waals surface area contributed by atoms with Crippen molar-refractivity contribution < 1.29 is 0 Å². The normalized spacial score (nSPS) is 10.7. The Morgan fingerprint density at radius 3 is 2.42 bits per heavy atom. The SMILES string of the molecule is CCC(CC)Nc1nc(C)c(C#N)c2ccccc12. The van der Waals surface area contributed by atoms with Gasteiger partial charge in [-0.2, -0.15) is 5.26 Å². The summed E-state index contributed by atoms with van der Waals surface area (Å²) in [5.74, 6) is 0.890. The van der Waals surface area contributed by atoms with Gasteiger partial charge < -0.3 is 5.32 Å². The molecule has 1 heterocycles. The highest BCUT2D eigenvalue weighted by Gasteiger charge is 2.12. The number of rotatable bonds is 4. The Balaban J connectivity index is 2.60. The van der Waals surface area contributed by atoms with Crippen LogP contribution in [0, 0.1) is 18.3 Å². The van der Waals surface area contributed by atoms with Crippen molar-refractivity contribution in [1.29, 1.82) is 5.26 Å². The summed E-state index contributed by atoms with van der Waals surface area (Å²) in [5.41, 5.74) is 1.46. The summed E-state index contributed by atoms with van der Waals surface area (Å²) in [6.45, 7) is 6.22. The van der Waals surface area contributed by atoms with Gasteiger partial charge in [0.1, 0.15) is 11.9 Å². The zero-order chi connectivity index (χ0) is 13.8. The van der Waals surface area contributed by atoms with E-state index in [9.17, 15) is 5.26 Å². The quantitative estimate of drug-likeness (QED) is 0.895. The Morgan fingerprint density at radius 1 is 1.21 bits per heavy atom. The van der Waals surface area contributed by atoms with Crippen LogP contribution in [-0.4, -0.2) is 11.0 Å². The second-order valence-corrected chi connectivity index (χ2v) is 4.74. The molecule has 0 fully saturated rings. The van der Waals surface area contributed by atoms with E-state index in [1.807, 2.05) is 31.2 Å². The first-order chi connectivity index (χ1) is 9.21. The van der Waals surface area contributed by atoms with Crippen LogP contribution in [0.3, 0.4) is 0 Å². The van der Waals surface area contributed by atoms with Crippen molar-refractivity contribution in [3.63, 3.8) is 0 Å². The second kappa shape index (κ2) is 5.71. The van der Waals surface area contributed by atoms with Crippen LogP contribution in [0.15, 0.2) is 24.3 Å². The maximum atomic E-state index is 9.27. The summed E-state index contributed by atoms with van der Waals surface area (Å²) in [6, 6.07) is 10.6. The fourth-order valence-corrected chi connectivity index (χ4v) is 2.32. The number of pyridine rings is 1. The first-order valence-electron chi connectivity index (χ1n) is 6.77. The lowest BCUT2D eigenvalue weighted by atomic mass is 10.0. The molecule has 98 valence electrons. The smallest absolute Gasteiger partial charge is 0.134 e. The number of hydrogen-bond donors (Lipinski definition) is 1. The monoisotopic (exact) mass is 253 g/mol. The Kier molecular flexibility index (Phi) is 4.01. The van der Waals surface area contributed by atoms with E-state index in [1.54, 1.807) is 0 Å². The first-order valence-corrected chi connectivity index (χ1v) is 6.77. The van der Waals surface area contributed by atoms with Gasteiger partial charge in [0.05, 0.1) is 11.3 Å². The highest BCUT2D eigenvalue weighted by Crippen LogP contribution is 2.27. The van der Waals surface area contributed by atoms with Crippen molar-refractivity contribution in [2.75, 3.05) is 5.32 Å². The molecule has 2 rings (SSSR count). The number of benzene rings is 1. The van der Waals surface area contributed by atoms with Crippen LogP contribution in [0.5, 0.6) is 0 Å². The van der Waals surface area contributed by atoms with Gasteiger partial charge in [0.2, 0.25) is 0 Å². The lowest BCUT2D eigenvalue weighted by molar-refractivity contribution is 0.669. The molecule has 0 radical (unpaired) electrons. The number of nitriles is 1. The Bertz CT molecular complexity index is 622. The predicted octanol–water partition coefficient (Wildman–Crippen LogP) is 4.02. The molecule has 19 heavy (non-hydrogen) atoms. The van der Waals surface area contributed by atoms with Gasteiger partial charge in [-0.3, -0.25) is 0 Å². The summed E-state index contributed by atoms with van der Waals surface area (Å²) in [7, 11) is 0. The van der Waals surface area contributed by atoms with Gasteiger partial charge in [-0.25, -0.2) is 4.98 Å². The van der Waals surface area contributed by atoms with Gasteiger partial charge in [-0.15, -0.1) is 0 Å². The van der Waals surface area contributed by atoms with Crippen LogP contribution in [-0.2, 0) is 0 Å². The number of aryl methyl sites for hydroxylation is 1. The highest BCUT2D eigenvalue weighted by atomic mass is 15.0. The molecule has 0 atom stereocenters. The maximum Gasteiger partial charge on any atom is 0.134 e. The van der Waals surface area contributed by atoms with E-state index >= 15 is 0 Å². The fourth-order valence-electron chi connectivity index (χ4n) is 2.32. The van der Waals surface area contributed by atoms with Crippen molar-refractivity contribution in [3.05, 3.63) is 35.5 Å². The number of nitrogens with one attached hydrogen (secondary N) is 1. The number of nitrogens with zero attached hydrogens (tertiary/aromatic N) is 2. The van der Waals surface area contributed by atoms with Crippen molar-refractivity contribution in [3.8, 4) is 6.07 Å². The lowest BCUT2D eigenvalue weighted by Crippen LogP contribution is -2.18. The molecule has 3 heteroatoms. The van der Waals surface area contributed by atoms with Crippen LogP contribution in [0.4, 0.5) is 5.82 Å². The van der Waals surface area contributed by atoms with Crippen LogP contribution < -0.4 is 5.32 Å². The summed E-state index contributed by atoms with van der Waals surface area (Å²) >= 11 is 0. The molecule has 1 aromatic heterocycles. The molecule has 0 amide bonds. The molecule has 1 N–H and O–H groups in total. The van der Waals surface area contributed by atoms with Crippen molar-refractivity contribution >= 4 is 16.6 Å². The lowest BCUT2D eigenvalue weighted by Gasteiger charge is -2.18. The van der Waals surface area contributed by atoms with E-state index in [-0.39, 0.29) is 0 Å². The Morgan fingerprint density at radius 2 is 1.84 bits per heavy atom. The van der Waals surface area contributed by atoms with Crippen LogP contribution in [0.1, 0.15) is 37.9 Å². The molecule has 3 nitrogen and oxygen atoms in total. The van der Waals surface area contributed by atoms with Gasteiger partial charge in [0, 0.05) is 16.8 Å². The number of hydrogen-bond acceptors (Lipinski definition) is 3. The minimum Gasteiger partial charge on any atom is -0.367 e. The number of aromatic nitrogens is 1. The molecule has 0 unspecified atom stereocenters. The topological polar surface area (TPSA) is 48.7 Å². The molecular weight excluding hydrogens is 234 g/mol. The maximum absolute atomic E-state index is 9.27. The van der Waals surface area contributed by atoms with Crippen LogP contribution >= 0.6 is 0 Å². The van der Waals surface area contributed by atoms with Gasteiger partial charge in [-0.1, -0.05) is 38.1 Å². The van der Waals surface area contributed by atoms with E-state index in [2.05, 4.69) is 30.2 Å². The first kappa shape index (κ1) is 13.4. The molecule has 2 aromatic rings. The molecule has 0 bridgehead atoms. The molecule has 0 saturated carbocycles. The van der Waals surface area contributed by atoms with E-state index in [4.69, 9.17) is 0 Å². The van der Waals surface area contributed by atoms with E-state index in [1.165, 1.54) is 0 Å². The summed E-state index contributed by atoms with van der Waals surface area (Å²) < 4.78 is 0. The van der Waals surface area contributed by atoms with Crippen LogP contribution in [0.25, 0.3) is 10.8 Å². The average Bonchev–Trinajstić information content (AvgIpc) is 2.44. The minimum atomic E-state index is 0.420. The van der Waals surface area contributed by atoms with E-state index in [0.717, 1.165) is 35.1 Å². The standard InChI is InChI=1S/C16H19N3/c1-4-12(5-2)19-16-14-9-7-6-8-13(14)15(10-17)11(3)18-16/h6-9,12H,4-5H2,1-3H3,(H,18,19). The molecule has 0 spiro atoms.